The molecule has 0 aliphatic heterocycles. The van der Waals surface area contributed by atoms with Gasteiger partial charge in [-0.05, 0) is 25.1 Å². The average molecular weight is 234 g/mol. The number of nitrogens with one attached hydrogen (secondary N) is 1. The van der Waals surface area contributed by atoms with Gasteiger partial charge in [0.25, 0.3) is 0 Å². The smallest absolute Gasteiger partial charge is 0.160 e. The lowest BCUT2D eigenvalue weighted by Crippen LogP contribution is -1.98. The molecule has 18 heavy (non-hydrogen) atoms. The molecular formula is C15H12N3. The molecule has 1 heterocycles. The SMILES string of the molecule is Cc1nnc(Nc2cc[c]cc2)c2ccccc12. The van der Waals surface area contributed by atoms with Gasteiger partial charge in [-0.25, -0.2) is 0 Å². The molecule has 3 aromatic rings. The molecule has 0 aliphatic carbocycles. The fourth-order valence-electron chi connectivity index (χ4n) is 1.94. The van der Waals surface area contributed by atoms with Gasteiger partial charge in [0.1, 0.15) is 0 Å². The minimum Gasteiger partial charge on any atom is -0.338 e. The molecule has 1 radical (unpaired) electrons. The number of benzene rings is 2. The van der Waals surface area contributed by atoms with E-state index in [9.17, 15) is 0 Å². The zero-order valence-corrected chi connectivity index (χ0v) is 10.0. The highest BCUT2D eigenvalue weighted by atomic mass is 15.2. The van der Waals surface area contributed by atoms with Crippen LogP contribution in [0.5, 0.6) is 0 Å². The van der Waals surface area contributed by atoms with Crippen LogP contribution < -0.4 is 5.32 Å². The van der Waals surface area contributed by atoms with E-state index in [1.165, 1.54) is 0 Å². The Kier molecular flexibility index (Phi) is 2.65. The maximum atomic E-state index is 4.23. The molecule has 0 aliphatic rings. The molecule has 0 fully saturated rings. The van der Waals surface area contributed by atoms with E-state index in [0.29, 0.717) is 0 Å². The molecule has 0 amide bonds. The van der Waals surface area contributed by atoms with E-state index in [-0.39, 0.29) is 0 Å². The number of aryl methyl sites for hydroxylation is 1. The minimum absolute atomic E-state index is 0.780. The summed E-state index contributed by atoms with van der Waals surface area (Å²) in [6.07, 6.45) is 0. The van der Waals surface area contributed by atoms with Crippen LogP contribution in [0, 0.1) is 13.0 Å². The van der Waals surface area contributed by atoms with E-state index in [1.807, 2.05) is 43.3 Å². The maximum Gasteiger partial charge on any atom is 0.160 e. The van der Waals surface area contributed by atoms with Crippen molar-refractivity contribution in [2.24, 2.45) is 0 Å². The number of rotatable bonds is 2. The molecule has 0 spiro atoms. The summed E-state index contributed by atoms with van der Waals surface area (Å²) in [7, 11) is 0. The molecule has 0 bridgehead atoms. The lowest BCUT2D eigenvalue weighted by atomic mass is 10.1. The van der Waals surface area contributed by atoms with Crippen LogP contribution in [-0.4, -0.2) is 10.2 Å². The Morgan fingerprint density at radius 2 is 1.67 bits per heavy atom. The first-order valence-corrected chi connectivity index (χ1v) is 5.80. The predicted octanol–water partition coefficient (Wildman–Crippen LogP) is 3.48. The lowest BCUT2D eigenvalue weighted by Gasteiger charge is -2.08. The van der Waals surface area contributed by atoms with Crippen molar-refractivity contribution in [1.29, 1.82) is 0 Å². The summed E-state index contributed by atoms with van der Waals surface area (Å²) in [4.78, 5) is 0. The number of fused-ring (bicyclic) bond motifs is 1. The summed E-state index contributed by atoms with van der Waals surface area (Å²) >= 11 is 0. The van der Waals surface area contributed by atoms with Gasteiger partial charge in [0, 0.05) is 16.5 Å². The van der Waals surface area contributed by atoms with E-state index >= 15 is 0 Å². The first-order chi connectivity index (χ1) is 8.84. The van der Waals surface area contributed by atoms with E-state index in [0.717, 1.165) is 28.0 Å². The van der Waals surface area contributed by atoms with Crippen LogP contribution in [0.3, 0.4) is 0 Å². The van der Waals surface area contributed by atoms with Crippen LogP contribution in [0.25, 0.3) is 10.8 Å². The molecular weight excluding hydrogens is 222 g/mol. The molecule has 3 heteroatoms. The second kappa shape index (κ2) is 4.45. The van der Waals surface area contributed by atoms with Crippen molar-refractivity contribution in [3.63, 3.8) is 0 Å². The second-order valence-corrected chi connectivity index (χ2v) is 4.09. The van der Waals surface area contributed by atoms with E-state index in [4.69, 9.17) is 0 Å². The third kappa shape index (κ3) is 1.91. The molecule has 1 N–H and O–H groups in total. The standard InChI is InChI=1S/C15H12N3/c1-11-13-9-5-6-10-14(13)15(18-17-11)16-12-7-3-2-4-8-12/h3-10H,1H3,(H,16,18). The third-order valence-corrected chi connectivity index (χ3v) is 2.85. The van der Waals surface area contributed by atoms with Crippen molar-refractivity contribution in [2.45, 2.75) is 6.92 Å². The number of nitrogens with zero attached hydrogens (tertiary/aromatic N) is 2. The number of anilines is 2. The number of hydrogen-bond acceptors (Lipinski definition) is 3. The largest absolute Gasteiger partial charge is 0.338 e. The summed E-state index contributed by atoms with van der Waals surface area (Å²) in [5.74, 6) is 0.780. The van der Waals surface area contributed by atoms with Crippen LogP contribution in [0.4, 0.5) is 11.5 Å². The van der Waals surface area contributed by atoms with Crippen LogP contribution in [0.15, 0.2) is 48.5 Å². The topological polar surface area (TPSA) is 37.8 Å². The number of hydrogen-bond donors (Lipinski definition) is 1. The molecule has 0 saturated heterocycles. The van der Waals surface area contributed by atoms with Crippen LogP contribution in [0.2, 0.25) is 0 Å². The number of aromatic nitrogens is 2. The normalized spacial score (nSPS) is 10.5. The third-order valence-electron chi connectivity index (χ3n) is 2.85. The quantitative estimate of drug-likeness (QED) is 0.737. The van der Waals surface area contributed by atoms with Gasteiger partial charge in [0.2, 0.25) is 0 Å². The molecule has 2 aromatic carbocycles. The van der Waals surface area contributed by atoms with Crippen LogP contribution in [0.1, 0.15) is 5.69 Å². The molecule has 1 aromatic heterocycles. The first kappa shape index (κ1) is 10.7. The van der Waals surface area contributed by atoms with Crippen molar-refractivity contribution in [2.75, 3.05) is 5.32 Å². The predicted molar refractivity (Wildman–Crippen MR) is 72.8 cm³/mol. The second-order valence-electron chi connectivity index (χ2n) is 4.09. The van der Waals surface area contributed by atoms with Gasteiger partial charge in [-0.3, -0.25) is 0 Å². The average Bonchev–Trinajstić information content (AvgIpc) is 2.44. The Labute approximate surface area is 105 Å². The van der Waals surface area contributed by atoms with Crippen molar-refractivity contribution >= 4 is 22.3 Å². The van der Waals surface area contributed by atoms with Gasteiger partial charge in [-0.15, -0.1) is 5.10 Å². The Morgan fingerprint density at radius 1 is 0.944 bits per heavy atom. The highest BCUT2D eigenvalue weighted by Crippen LogP contribution is 2.24. The van der Waals surface area contributed by atoms with Crippen molar-refractivity contribution in [1.82, 2.24) is 10.2 Å². The van der Waals surface area contributed by atoms with Crippen molar-refractivity contribution in [3.8, 4) is 0 Å². The highest BCUT2D eigenvalue weighted by Gasteiger charge is 2.05. The van der Waals surface area contributed by atoms with Crippen molar-refractivity contribution < 1.29 is 0 Å². The fourth-order valence-corrected chi connectivity index (χ4v) is 1.94. The van der Waals surface area contributed by atoms with E-state index in [2.05, 4.69) is 33.7 Å². The molecule has 0 saturated carbocycles. The summed E-state index contributed by atoms with van der Waals surface area (Å²) in [6.45, 7) is 1.97. The Balaban J connectivity index is 2.10. The lowest BCUT2D eigenvalue weighted by molar-refractivity contribution is 1.01. The first-order valence-electron chi connectivity index (χ1n) is 5.80. The molecule has 3 nitrogen and oxygen atoms in total. The van der Waals surface area contributed by atoms with Gasteiger partial charge in [-0.2, -0.15) is 5.10 Å². The summed E-state index contributed by atoms with van der Waals surface area (Å²) in [5.41, 5.74) is 1.93. The zero-order valence-electron chi connectivity index (χ0n) is 10.0. The van der Waals surface area contributed by atoms with Gasteiger partial charge in [0.05, 0.1) is 5.69 Å². The summed E-state index contributed by atoms with van der Waals surface area (Å²) < 4.78 is 0. The van der Waals surface area contributed by atoms with Crippen LogP contribution >= 0.6 is 0 Å². The van der Waals surface area contributed by atoms with Gasteiger partial charge < -0.3 is 5.32 Å². The Hall–Kier alpha value is -2.42. The minimum atomic E-state index is 0.780. The van der Waals surface area contributed by atoms with Crippen molar-refractivity contribution in [3.05, 3.63) is 60.3 Å². The van der Waals surface area contributed by atoms with Gasteiger partial charge >= 0.3 is 0 Å². The molecule has 0 unspecified atom stereocenters. The summed E-state index contributed by atoms with van der Waals surface area (Å²) in [6, 6.07) is 18.8. The molecule has 0 atom stereocenters. The molecule has 3 rings (SSSR count). The highest BCUT2D eigenvalue weighted by molar-refractivity contribution is 5.94. The monoisotopic (exact) mass is 234 g/mol. The van der Waals surface area contributed by atoms with E-state index in [1.54, 1.807) is 0 Å². The van der Waals surface area contributed by atoms with E-state index < -0.39 is 0 Å². The maximum absolute atomic E-state index is 4.23. The fraction of sp³-hybridized carbons (Fsp3) is 0.0667. The van der Waals surface area contributed by atoms with Crippen LogP contribution in [-0.2, 0) is 0 Å². The summed E-state index contributed by atoms with van der Waals surface area (Å²) in [5, 5.41) is 13.9. The Bertz CT molecular complexity index is 678. The van der Waals surface area contributed by atoms with Gasteiger partial charge in [-0.1, -0.05) is 36.4 Å². The van der Waals surface area contributed by atoms with Gasteiger partial charge in [0.15, 0.2) is 5.82 Å². The zero-order chi connectivity index (χ0) is 12.4. The Morgan fingerprint density at radius 3 is 2.44 bits per heavy atom. The molecule has 87 valence electrons.